The largest absolute Gasteiger partial charge is 0.481 e. The first-order valence-corrected chi connectivity index (χ1v) is 17.7. The van der Waals surface area contributed by atoms with Crippen LogP contribution in [0.2, 0.25) is 0 Å². The zero-order chi connectivity index (χ0) is 36.6. The highest BCUT2D eigenvalue weighted by atomic mass is 32.2. The second-order valence-electron chi connectivity index (χ2n) is 10.7. The van der Waals surface area contributed by atoms with Crippen molar-refractivity contribution in [3.63, 3.8) is 0 Å². The second-order valence-corrected chi connectivity index (χ2v) is 14.8. The van der Waals surface area contributed by atoms with Crippen LogP contribution in [0.1, 0.15) is 68.9 Å². The van der Waals surface area contributed by atoms with Gasteiger partial charge in [-0.25, -0.2) is 47.6 Å². The highest BCUT2D eigenvalue weighted by Gasteiger charge is 2.34. The highest BCUT2D eigenvalue weighted by Crippen LogP contribution is 2.35. The quantitative estimate of drug-likeness (QED) is 0.153. The van der Waals surface area contributed by atoms with Crippen LogP contribution in [0.25, 0.3) is 0 Å². The van der Waals surface area contributed by atoms with Crippen molar-refractivity contribution in [1.82, 2.24) is 0 Å². The van der Waals surface area contributed by atoms with E-state index in [4.69, 9.17) is 21.7 Å². The number of carbonyl (C=O) groups is 2. The first-order chi connectivity index (χ1) is 22.3. The molecule has 1 fully saturated rings. The predicted octanol–water partition coefficient (Wildman–Crippen LogP) is 4.29. The van der Waals surface area contributed by atoms with Gasteiger partial charge in [0.25, 0.3) is 0 Å². The number of carboxylic acid groups (broad SMARTS) is 2. The summed E-state index contributed by atoms with van der Waals surface area (Å²) in [4.78, 5) is 18.0. The lowest BCUT2D eigenvalue weighted by Gasteiger charge is -2.25. The maximum Gasteiger partial charge on any atom is 0.304 e. The van der Waals surface area contributed by atoms with Crippen molar-refractivity contribution < 1.29 is 67.4 Å². The summed E-state index contributed by atoms with van der Waals surface area (Å²) in [5.74, 6) is -17.9. The summed E-state index contributed by atoms with van der Waals surface area (Å²) >= 11 is 0. The van der Waals surface area contributed by atoms with Gasteiger partial charge < -0.3 is 27.0 Å². The Kier molecular flexibility index (Phi) is 14.6. The zero-order valence-corrected chi connectivity index (χ0v) is 26.9. The fourth-order valence-corrected chi connectivity index (χ4v) is 7.69. The fraction of sp³-hybridized carbons (Fsp3) is 0.500. The summed E-state index contributed by atoms with van der Waals surface area (Å²) < 4.78 is 146. The molecule has 0 aliphatic heterocycles. The Hall–Kier alpha value is -3.49. The minimum atomic E-state index is -4.84. The molecule has 0 saturated heterocycles. The van der Waals surface area contributed by atoms with Crippen molar-refractivity contribution in [3.8, 4) is 0 Å². The summed E-state index contributed by atoms with van der Waals surface area (Å²) in [6.45, 7) is -1.52. The van der Waals surface area contributed by atoms with Gasteiger partial charge >= 0.3 is 11.9 Å². The van der Waals surface area contributed by atoms with Crippen molar-refractivity contribution in [2.45, 2.75) is 86.7 Å². The van der Waals surface area contributed by atoms with Crippen LogP contribution in [0.15, 0.2) is 9.79 Å². The third kappa shape index (κ3) is 9.79. The number of nitrogens with one attached hydrogen (secondary N) is 1. The van der Waals surface area contributed by atoms with Crippen LogP contribution in [-0.4, -0.2) is 56.5 Å². The fourth-order valence-electron chi connectivity index (χ4n) is 4.85. The predicted molar refractivity (Wildman–Crippen MR) is 157 cm³/mol. The van der Waals surface area contributed by atoms with Crippen molar-refractivity contribution >= 4 is 37.3 Å². The standard InChI is InChI=1S/C18H25F3N2O4S.C10H9F4NO4S/c19-14-12(10-22)15(20)17(23-11-6-4-2-1-3-5-7-11)18(16(14)21)28(26,27)9-8-13(24)25;11-6-4(3-15)7(12)9(14)10(8(6)13)20(18,19)2-1-5(16)17/h11,23H,1-10,22H2,(H,24,25);1-3,15H2,(H,16,17). The number of halogens is 7. The Labute approximate surface area is 271 Å². The molecule has 1 aliphatic carbocycles. The molecule has 0 bridgehead atoms. The van der Waals surface area contributed by atoms with E-state index >= 15 is 0 Å². The number of hydrogen-bond donors (Lipinski definition) is 5. The number of anilines is 1. The number of aliphatic carboxylic acids is 2. The lowest BCUT2D eigenvalue weighted by Crippen LogP contribution is -2.26. The van der Waals surface area contributed by atoms with E-state index in [1.807, 2.05) is 0 Å². The maximum atomic E-state index is 14.9. The molecular formula is C28H34F7N3O8S2. The Balaban J connectivity index is 0.000000353. The average Bonchev–Trinajstić information content (AvgIpc) is 2.99. The van der Waals surface area contributed by atoms with Gasteiger partial charge in [-0.15, -0.1) is 0 Å². The number of sulfone groups is 2. The molecule has 0 radical (unpaired) electrons. The minimum absolute atomic E-state index is 0.307. The van der Waals surface area contributed by atoms with E-state index in [0.29, 0.717) is 12.8 Å². The van der Waals surface area contributed by atoms with Crippen LogP contribution in [0.3, 0.4) is 0 Å². The molecule has 2 aromatic carbocycles. The van der Waals surface area contributed by atoms with Gasteiger partial charge in [-0.2, -0.15) is 0 Å². The summed E-state index contributed by atoms with van der Waals surface area (Å²) in [5, 5.41) is 19.8. The third-order valence-electron chi connectivity index (χ3n) is 7.34. The molecule has 0 aromatic heterocycles. The van der Waals surface area contributed by atoms with Crippen LogP contribution in [-0.2, 0) is 42.4 Å². The van der Waals surface area contributed by atoms with E-state index in [2.05, 4.69) is 5.32 Å². The van der Waals surface area contributed by atoms with Gasteiger partial charge in [0, 0.05) is 30.3 Å². The summed E-state index contributed by atoms with van der Waals surface area (Å²) in [6, 6.07) is -0.307. The number of carboxylic acids is 2. The Bertz CT molecular complexity index is 1710. The topological polar surface area (TPSA) is 207 Å². The van der Waals surface area contributed by atoms with E-state index in [-0.39, 0.29) is 6.04 Å². The normalized spacial score (nSPS) is 14.4. The van der Waals surface area contributed by atoms with Crippen molar-refractivity contribution in [3.05, 3.63) is 51.8 Å². The van der Waals surface area contributed by atoms with Crippen molar-refractivity contribution in [2.24, 2.45) is 11.5 Å². The minimum Gasteiger partial charge on any atom is -0.481 e. The Morgan fingerprint density at radius 2 is 0.958 bits per heavy atom. The molecule has 1 aliphatic rings. The van der Waals surface area contributed by atoms with Gasteiger partial charge in [-0.3, -0.25) is 9.59 Å². The SMILES string of the molecule is NCc1c(F)c(F)c(S(=O)(=O)CCC(=O)O)c(F)c1F.NCc1c(F)c(F)c(S(=O)(=O)CCC(=O)O)c(NC2CCCCCCC2)c1F. The number of benzene rings is 2. The van der Waals surface area contributed by atoms with Crippen LogP contribution < -0.4 is 16.8 Å². The van der Waals surface area contributed by atoms with Crippen LogP contribution in [0.5, 0.6) is 0 Å². The van der Waals surface area contributed by atoms with Crippen LogP contribution in [0, 0.1) is 40.7 Å². The lowest BCUT2D eigenvalue weighted by atomic mass is 9.96. The maximum absolute atomic E-state index is 14.9. The molecule has 0 amide bonds. The van der Waals surface area contributed by atoms with Gasteiger partial charge in [0.1, 0.15) is 9.79 Å². The molecule has 270 valence electrons. The number of hydrogen-bond acceptors (Lipinski definition) is 9. The van der Waals surface area contributed by atoms with Crippen molar-refractivity contribution in [1.29, 1.82) is 0 Å². The molecule has 0 atom stereocenters. The molecule has 1 saturated carbocycles. The van der Waals surface area contributed by atoms with Crippen LogP contribution in [0.4, 0.5) is 36.4 Å². The smallest absolute Gasteiger partial charge is 0.304 e. The molecule has 0 unspecified atom stereocenters. The molecule has 0 spiro atoms. The first-order valence-electron chi connectivity index (χ1n) is 14.4. The zero-order valence-electron chi connectivity index (χ0n) is 25.2. The van der Waals surface area contributed by atoms with E-state index in [9.17, 15) is 57.2 Å². The first kappa shape index (κ1) is 40.7. The van der Waals surface area contributed by atoms with E-state index < -0.39 is 136 Å². The summed E-state index contributed by atoms with van der Waals surface area (Å²) in [5.41, 5.74) is 7.70. The van der Waals surface area contributed by atoms with Gasteiger partial charge in [-0.05, 0) is 12.8 Å². The summed E-state index contributed by atoms with van der Waals surface area (Å²) in [6.07, 6.45) is 4.21. The molecule has 3 rings (SSSR count). The molecular weight excluding hydrogens is 703 g/mol. The Morgan fingerprint density at radius 1 is 0.604 bits per heavy atom. The average molecular weight is 738 g/mol. The van der Waals surface area contributed by atoms with E-state index in [0.717, 1.165) is 32.1 Å². The monoisotopic (exact) mass is 737 g/mol. The molecule has 11 nitrogen and oxygen atoms in total. The number of rotatable bonds is 12. The van der Waals surface area contributed by atoms with Gasteiger partial charge in [0.2, 0.25) is 0 Å². The number of nitrogens with two attached hydrogens (primary N) is 2. The Morgan fingerprint density at radius 3 is 1.35 bits per heavy atom. The molecule has 2 aromatic rings. The van der Waals surface area contributed by atoms with Gasteiger partial charge in [-0.1, -0.05) is 32.1 Å². The van der Waals surface area contributed by atoms with Gasteiger partial charge in [0.05, 0.1) is 30.0 Å². The highest BCUT2D eigenvalue weighted by molar-refractivity contribution is 7.91. The van der Waals surface area contributed by atoms with Gasteiger partial charge in [0.15, 0.2) is 60.4 Å². The lowest BCUT2D eigenvalue weighted by molar-refractivity contribution is -0.137. The molecule has 48 heavy (non-hydrogen) atoms. The molecule has 7 N–H and O–H groups in total. The summed E-state index contributed by atoms with van der Waals surface area (Å²) in [7, 11) is -9.43. The third-order valence-corrected chi connectivity index (χ3v) is 10.8. The van der Waals surface area contributed by atoms with Crippen LogP contribution >= 0.6 is 0 Å². The van der Waals surface area contributed by atoms with E-state index in [1.54, 1.807) is 0 Å². The second kappa shape index (κ2) is 17.3. The van der Waals surface area contributed by atoms with E-state index in [1.165, 1.54) is 0 Å². The molecule has 20 heteroatoms. The van der Waals surface area contributed by atoms with Crippen molar-refractivity contribution in [2.75, 3.05) is 16.8 Å². The molecule has 0 heterocycles.